The van der Waals surface area contributed by atoms with Crippen LogP contribution < -0.4 is 10.6 Å². The third-order valence-corrected chi connectivity index (χ3v) is 2.69. The van der Waals surface area contributed by atoms with Gasteiger partial charge in [-0.25, -0.2) is 0 Å². The molecule has 0 saturated carbocycles. The fourth-order valence-electron chi connectivity index (χ4n) is 1.71. The number of rotatable bonds is 4. The molecule has 1 rings (SSSR count). The molecule has 0 aromatic carbocycles. The van der Waals surface area contributed by atoms with Crippen LogP contribution in [-0.4, -0.2) is 24.9 Å². The monoisotopic (exact) mass is 212 g/mol. The zero-order valence-corrected chi connectivity index (χ0v) is 9.34. The molecule has 0 aromatic heterocycles. The quantitative estimate of drug-likeness (QED) is 0.725. The van der Waals surface area contributed by atoms with E-state index in [1.54, 1.807) is 0 Å². The molecule has 0 aliphatic carbocycles. The number of amides is 2. The lowest BCUT2D eigenvalue weighted by Gasteiger charge is -2.21. The maximum Gasteiger partial charge on any atom is 0.230 e. The molecular weight excluding hydrogens is 192 g/mol. The molecule has 1 heterocycles. The number of carbonyl (C=O) groups excluding carboxylic acids is 2. The minimum absolute atomic E-state index is 0.0238. The minimum Gasteiger partial charge on any atom is -0.316 e. The van der Waals surface area contributed by atoms with Crippen LogP contribution in [-0.2, 0) is 9.59 Å². The standard InChI is InChI=1S/C11H20N2O2/c1-2-3-6-10(14)13-11(15)9-5-4-7-12-8-9/h9,12H,2-8H2,1H3,(H,13,14,15)/t9-/m1/s1. The van der Waals surface area contributed by atoms with Crippen LogP contribution in [0.25, 0.3) is 0 Å². The molecule has 1 atom stereocenters. The lowest BCUT2D eigenvalue weighted by molar-refractivity contribution is -0.133. The van der Waals surface area contributed by atoms with E-state index >= 15 is 0 Å². The number of hydrogen-bond acceptors (Lipinski definition) is 3. The Morgan fingerprint density at radius 2 is 2.27 bits per heavy atom. The Morgan fingerprint density at radius 3 is 2.87 bits per heavy atom. The van der Waals surface area contributed by atoms with Crippen molar-refractivity contribution >= 4 is 11.8 Å². The first kappa shape index (κ1) is 12.2. The molecular formula is C11H20N2O2. The van der Waals surface area contributed by atoms with Crippen LogP contribution in [0.3, 0.4) is 0 Å². The summed E-state index contributed by atoms with van der Waals surface area (Å²) in [7, 11) is 0. The Bertz CT molecular complexity index is 223. The van der Waals surface area contributed by atoms with Gasteiger partial charge in [0.2, 0.25) is 11.8 Å². The summed E-state index contributed by atoms with van der Waals surface area (Å²) in [5, 5.41) is 5.63. The topological polar surface area (TPSA) is 58.2 Å². The van der Waals surface area contributed by atoms with Crippen LogP contribution in [0.15, 0.2) is 0 Å². The third kappa shape index (κ3) is 4.42. The highest BCUT2D eigenvalue weighted by atomic mass is 16.2. The largest absolute Gasteiger partial charge is 0.316 e. The highest BCUT2D eigenvalue weighted by molar-refractivity contribution is 5.96. The summed E-state index contributed by atoms with van der Waals surface area (Å²) in [6.07, 6.45) is 4.19. The molecule has 0 spiro atoms. The van der Waals surface area contributed by atoms with Gasteiger partial charge in [-0.05, 0) is 25.8 Å². The van der Waals surface area contributed by atoms with Crippen molar-refractivity contribution in [3.05, 3.63) is 0 Å². The first-order valence-corrected chi connectivity index (χ1v) is 5.78. The zero-order valence-electron chi connectivity index (χ0n) is 9.34. The molecule has 0 aromatic rings. The fourth-order valence-corrected chi connectivity index (χ4v) is 1.71. The van der Waals surface area contributed by atoms with Crippen LogP contribution in [0.5, 0.6) is 0 Å². The van der Waals surface area contributed by atoms with Crippen LogP contribution in [0.2, 0.25) is 0 Å². The molecule has 4 heteroatoms. The van der Waals surface area contributed by atoms with E-state index in [-0.39, 0.29) is 17.7 Å². The van der Waals surface area contributed by atoms with Crippen LogP contribution in [0.1, 0.15) is 39.0 Å². The SMILES string of the molecule is CCCCC(=O)NC(=O)[C@@H]1CCCNC1. The maximum atomic E-state index is 11.6. The van der Waals surface area contributed by atoms with Crippen molar-refractivity contribution in [1.82, 2.24) is 10.6 Å². The van der Waals surface area contributed by atoms with Gasteiger partial charge < -0.3 is 5.32 Å². The van der Waals surface area contributed by atoms with E-state index in [1.165, 1.54) is 0 Å². The Labute approximate surface area is 90.8 Å². The highest BCUT2D eigenvalue weighted by Gasteiger charge is 2.21. The van der Waals surface area contributed by atoms with Crippen molar-refractivity contribution < 1.29 is 9.59 Å². The van der Waals surface area contributed by atoms with Crippen molar-refractivity contribution in [1.29, 1.82) is 0 Å². The number of nitrogens with one attached hydrogen (secondary N) is 2. The smallest absolute Gasteiger partial charge is 0.230 e. The molecule has 1 aliphatic rings. The number of hydrogen-bond donors (Lipinski definition) is 2. The van der Waals surface area contributed by atoms with Gasteiger partial charge in [-0.3, -0.25) is 14.9 Å². The van der Waals surface area contributed by atoms with Crippen molar-refractivity contribution in [2.24, 2.45) is 5.92 Å². The second kappa shape index (κ2) is 6.56. The second-order valence-corrected chi connectivity index (χ2v) is 4.06. The zero-order chi connectivity index (χ0) is 11.1. The fraction of sp³-hybridized carbons (Fsp3) is 0.818. The maximum absolute atomic E-state index is 11.6. The first-order valence-electron chi connectivity index (χ1n) is 5.78. The number of piperidine rings is 1. The van der Waals surface area contributed by atoms with Gasteiger partial charge in [0.25, 0.3) is 0 Å². The first-order chi connectivity index (χ1) is 7.24. The molecule has 4 nitrogen and oxygen atoms in total. The lowest BCUT2D eigenvalue weighted by Crippen LogP contribution is -2.42. The normalized spacial score (nSPS) is 21.0. The van der Waals surface area contributed by atoms with Gasteiger partial charge in [0, 0.05) is 13.0 Å². The van der Waals surface area contributed by atoms with E-state index in [1.807, 2.05) is 6.92 Å². The molecule has 0 radical (unpaired) electrons. The molecule has 15 heavy (non-hydrogen) atoms. The Hall–Kier alpha value is -0.900. The molecule has 86 valence electrons. The van der Waals surface area contributed by atoms with Crippen LogP contribution >= 0.6 is 0 Å². The van der Waals surface area contributed by atoms with Crippen molar-refractivity contribution in [2.75, 3.05) is 13.1 Å². The summed E-state index contributed by atoms with van der Waals surface area (Å²) in [5.41, 5.74) is 0. The highest BCUT2D eigenvalue weighted by Crippen LogP contribution is 2.09. The molecule has 2 amide bonds. The second-order valence-electron chi connectivity index (χ2n) is 4.06. The van der Waals surface area contributed by atoms with Gasteiger partial charge in [0.05, 0.1) is 5.92 Å². The third-order valence-electron chi connectivity index (χ3n) is 2.69. The van der Waals surface area contributed by atoms with Gasteiger partial charge in [0.1, 0.15) is 0 Å². The van der Waals surface area contributed by atoms with E-state index in [9.17, 15) is 9.59 Å². The molecule has 2 N–H and O–H groups in total. The van der Waals surface area contributed by atoms with Gasteiger partial charge in [-0.15, -0.1) is 0 Å². The van der Waals surface area contributed by atoms with E-state index in [2.05, 4.69) is 10.6 Å². The number of imide groups is 1. The lowest BCUT2D eigenvalue weighted by atomic mass is 9.99. The molecule has 0 bridgehead atoms. The predicted octanol–water partition coefficient (Wildman–Crippen LogP) is 0.819. The van der Waals surface area contributed by atoms with E-state index < -0.39 is 0 Å². The van der Waals surface area contributed by atoms with Crippen molar-refractivity contribution in [2.45, 2.75) is 39.0 Å². The van der Waals surface area contributed by atoms with E-state index in [0.29, 0.717) is 13.0 Å². The Morgan fingerprint density at radius 1 is 1.47 bits per heavy atom. The molecule has 1 saturated heterocycles. The Balaban J connectivity index is 2.24. The average Bonchev–Trinajstić information content (AvgIpc) is 2.27. The summed E-state index contributed by atoms with van der Waals surface area (Å²) in [5.74, 6) is -0.264. The van der Waals surface area contributed by atoms with Crippen LogP contribution in [0, 0.1) is 5.92 Å². The Kier molecular flexibility index (Phi) is 5.32. The average molecular weight is 212 g/mol. The van der Waals surface area contributed by atoms with Gasteiger partial charge in [-0.1, -0.05) is 13.3 Å². The van der Waals surface area contributed by atoms with E-state index in [0.717, 1.165) is 32.2 Å². The molecule has 1 aliphatic heterocycles. The van der Waals surface area contributed by atoms with E-state index in [4.69, 9.17) is 0 Å². The molecule has 1 fully saturated rings. The predicted molar refractivity (Wildman–Crippen MR) is 58.3 cm³/mol. The minimum atomic E-state index is -0.132. The molecule has 0 unspecified atom stereocenters. The summed E-state index contributed by atoms with van der Waals surface area (Å²) in [4.78, 5) is 22.9. The van der Waals surface area contributed by atoms with Crippen LogP contribution in [0.4, 0.5) is 0 Å². The summed E-state index contributed by atoms with van der Waals surface area (Å²) in [6.45, 7) is 3.71. The van der Waals surface area contributed by atoms with Gasteiger partial charge in [-0.2, -0.15) is 0 Å². The summed E-state index contributed by atoms with van der Waals surface area (Å²) >= 11 is 0. The van der Waals surface area contributed by atoms with Gasteiger partial charge in [0.15, 0.2) is 0 Å². The van der Waals surface area contributed by atoms with Crippen molar-refractivity contribution in [3.63, 3.8) is 0 Å². The summed E-state index contributed by atoms with van der Waals surface area (Å²) < 4.78 is 0. The van der Waals surface area contributed by atoms with Crippen molar-refractivity contribution in [3.8, 4) is 0 Å². The number of unbranched alkanes of at least 4 members (excludes halogenated alkanes) is 1. The number of carbonyl (C=O) groups is 2. The van der Waals surface area contributed by atoms with Gasteiger partial charge >= 0.3 is 0 Å². The summed E-state index contributed by atoms with van der Waals surface area (Å²) in [6, 6.07) is 0.